The van der Waals surface area contributed by atoms with Crippen molar-refractivity contribution < 1.29 is 19.4 Å². The Hall–Kier alpha value is -1.27. The predicted molar refractivity (Wildman–Crippen MR) is 85.8 cm³/mol. The molecule has 0 atom stereocenters. The summed E-state index contributed by atoms with van der Waals surface area (Å²) in [5, 5.41) is 9.74. The molecule has 0 aromatic heterocycles. The van der Waals surface area contributed by atoms with Crippen LogP contribution in [0.4, 0.5) is 0 Å². The van der Waals surface area contributed by atoms with Crippen molar-refractivity contribution in [2.45, 2.75) is 30.8 Å². The highest BCUT2D eigenvalue weighted by Gasteiger charge is 2.49. The average Bonchev–Trinajstić information content (AvgIpc) is 2.37. The van der Waals surface area contributed by atoms with E-state index in [0.717, 1.165) is 29.5 Å². The molecule has 0 amide bonds. The Bertz CT molecular complexity index is 594. The third-order valence-corrected chi connectivity index (χ3v) is 5.14. The summed E-state index contributed by atoms with van der Waals surface area (Å²) in [5.74, 6) is 0.395. The molecule has 2 fully saturated rings. The predicted octanol–water partition coefficient (Wildman–Crippen LogP) is 2.66. The first kappa shape index (κ1) is 15.6. The lowest BCUT2D eigenvalue weighted by molar-refractivity contribution is -0.147. The Morgan fingerprint density at radius 2 is 2.09 bits per heavy atom. The van der Waals surface area contributed by atoms with Gasteiger partial charge in [0.25, 0.3) is 0 Å². The first-order chi connectivity index (χ1) is 10.5. The van der Waals surface area contributed by atoms with E-state index in [1.165, 1.54) is 0 Å². The number of carboxylic acid groups (broad SMARTS) is 1. The highest BCUT2D eigenvalue weighted by atomic mass is 79.9. The number of hydrogen-bond donors (Lipinski definition) is 1. The van der Waals surface area contributed by atoms with E-state index in [0.29, 0.717) is 24.3 Å². The first-order valence-electron chi connectivity index (χ1n) is 7.43. The van der Waals surface area contributed by atoms with Crippen molar-refractivity contribution in [3.8, 4) is 11.5 Å². The van der Waals surface area contributed by atoms with Gasteiger partial charge >= 0.3 is 5.97 Å². The smallest absolute Gasteiger partial charge is 0.314 e. The number of likely N-dealkylation sites (tertiary alicyclic amines) is 1. The molecule has 3 rings (SSSR count). The molecule has 6 heteroatoms. The second-order valence-corrected chi connectivity index (χ2v) is 7.10. The third kappa shape index (κ3) is 2.48. The lowest BCUT2D eigenvalue weighted by Gasteiger charge is -2.41. The number of hydrogen-bond acceptors (Lipinski definition) is 4. The number of carbonyl (C=O) groups is 1. The van der Waals surface area contributed by atoms with Crippen LogP contribution in [0.2, 0.25) is 0 Å². The Labute approximate surface area is 138 Å². The molecule has 1 N–H and O–H groups in total. The lowest BCUT2D eigenvalue weighted by atomic mass is 9.64. The number of likely N-dealkylation sites (N-methyl/N-ethyl adjacent to an activating group) is 1. The maximum atomic E-state index is 11.9. The summed E-state index contributed by atoms with van der Waals surface area (Å²) in [6.07, 6.45) is 2.29. The number of rotatable bonds is 5. The zero-order valence-electron chi connectivity index (χ0n) is 12.8. The maximum Gasteiger partial charge on any atom is 0.314 e. The minimum atomic E-state index is -0.845. The van der Waals surface area contributed by atoms with Gasteiger partial charge in [0.2, 0.25) is 0 Å². The zero-order valence-corrected chi connectivity index (χ0v) is 14.4. The molecule has 1 aliphatic carbocycles. The molecule has 2 aliphatic rings. The Morgan fingerprint density at radius 3 is 2.55 bits per heavy atom. The minimum absolute atomic E-state index is 0.0877. The highest BCUT2D eigenvalue weighted by Crippen LogP contribution is 2.51. The molecule has 0 unspecified atom stereocenters. The largest absolute Gasteiger partial charge is 0.493 e. The van der Waals surface area contributed by atoms with Crippen LogP contribution in [0, 0.1) is 0 Å². The molecule has 22 heavy (non-hydrogen) atoms. The van der Waals surface area contributed by atoms with E-state index in [-0.39, 0.29) is 6.10 Å². The number of nitrogens with zero attached hydrogens (tertiary/aromatic N) is 1. The summed E-state index contributed by atoms with van der Waals surface area (Å²) in [7, 11) is 3.61. The maximum absolute atomic E-state index is 11.9. The molecule has 1 aromatic rings. The normalized spacial score (nSPS) is 20.9. The van der Waals surface area contributed by atoms with E-state index in [1.54, 1.807) is 7.11 Å². The fraction of sp³-hybridized carbons (Fsp3) is 0.562. The van der Waals surface area contributed by atoms with E-state index in [9.17, 15) is 9.90 Å². The fourth-order valence-electron chi connectivity index (χ4n) is 3.21. The van der Waals surface area contributed by atoms with E-state index in [1.807, 2.05) is 19.2 Å². The minimum Gasteiger partial charge on any atom is -0.493 e. The molecular formula is C16H20BrNO4. The van der Waals surface area contributed by atoms with Crippen molar-refractivity contribution in [2.75, 3.05) is 27.2 Å². The van der Waals surface area contributed by atoms with E-state index < -0.39 is 11.4 Å². The van der Waals surface area contributed by atoms with Crippen LogP contribution in [-0.2, 0) is 10.2 Å². The molecule has 1 heterocycles. The van der Waals surface area contributed by atoms with Crippen LogP contribution in [0.1, 0.15) is 24.8 Å². The number of carboxylic acids is 1. The topological polar surface area (TPSA) is 59.0 Å². The summed E-state index contributed by atoms with van der Waals surface area (Å²) < 4.78 is 12.4. The molecule has 5 nitrogen and oxygen atoms in total. The zero-order chi connectivity index (χ0) is 15.9. The molecule has 0 bridgehead atoms. The van der Waals surface area contributed by atoms with Crippen LogP contribution in [0.3, 0.4) is 0 Å². The van der Waals surface area contributed by atoms with E-state index in [2.05, 4.69) is 20.8 Å². The summed E-state index contributed by atoms with van der Waals surface area (Å²) >= 11 is 3.45. The summed E-state index contributed by atoms with van der Waals surface area (Å²) in [5.41, 5.74) is -0.116. The molecule has 0 spiro atoms. The lowest BCUT2D eigenvalue weighted by Crippen LogP contribution is -2.52. The third-order valence-electron chi connectivity index (χ3n) is 4.69. The molecule has 120 valence electrons. The highest BCUT2D eigenvalue weighted by molar-refractivity contribution is 9.10. The van der Waals surface area contributed by atoms with Gasteiger partial charge in [0.1, 0.15) is 6.10 Å². The Morgan fingerprint density at radius 1 is 1.41 bits per heavy atom. The number of halogens is 1. The average molecular weight is 370 g/mol. The van der Waals surface area contributed by atoms with Gasteiger partial charge in [0, 0.05) is 23.1 Å². The van der Waals surface area contributed by atoms with Gasteiger partial charge in [-0.05, 0) is 32.0 Å². The number of ether oxygens (including phenoxy) is 2. The summed E-state index contributed by atoms with van der Waals surface area (Å²) in [4.78, 5) is 14.0. The van der Waals surface area contributed by atoms with Gasteiger partial charge in [-0.25, -0.2) is 0 Å². The molecule has 0 radical (unpaired) electrons. The van der Waals surface area contributed by atoms with Crippen molar-refractivity contribution in [1.29, 1.82) is 0 Å². The number of benzene rings is 1. The van der Waals surface area contributed by atoms with Crippen molar-refractivity contribution in [3.05, 3.63) is 22.2 Å². The summed E-state index contributed by atoms with van der Waals surface area (Å²) in [6, 6.07) is 3.70. The van der Waals surface area contributed by atoms with Gasteiger partial charge < -0.3 is 14.6 Å². The van der Waals surface area contributed by atoms with Crippen LogP contribution >= 0.6 is 15.9 Å². The van der Waals surface area contributed by atoms with Gasteiger partial charge in [0.15, 0.2) is 11.5 Å². The van der Waals surface area contributed by atoms with Crippen LogP contribution in [0.25, 0.3) is 0 Å². The van der Waals surface area contributed by atoms with Crippen LogP contribution in [0.5, 0.6) is 11.5 Å². The van der Waals surface area contributed by atoms with Crippen molar-refractivity contribution in [3.63, 3.8) is 0 Å². The first-order valence-corrected chi connectivity index (χ1v) is 8.22. The molecular weight excluding hydrogens is 350 g/mol. The summed E-state index contributed by atoms with van der Waals surface area (Å²) in [6.45, 7) is 1.69. The van der Waals surface area contributed by atoms with E-state index >= 15 is 0 Å². The van der Waals surface area contributed by atoms with Crippen LogP contribution in [0.15, 0.2) is 16.6 Å². The van der Waals surface area contributed by atoms with Crippen molar-refractivity contribution in [2.24, 2.45) is 0 Å². The second kappa shape index (κ2) is 5.74. The molecule has 1 saturated carbocycles. The molecule has 1 saturated heterocycles. The standard InChI is InChI=1S/C16H20BrNO4/c1-18-8-11(9-18)22-14-12(6-10(17)7-13(14)21-2)16(15(19)20)4-3-5-16/h6-7,11H,3-5,8-9H2,1-2H3,(H,19,20). The Balaban J connectivity index is 2.03. The SMILES string of the molecule is COc1cc(Br)cc(C2(C(=O)O)CCC2)c1OC1CN(C)C1. The van der Waals surface area contributed by atoms with Gasteiger partial charge in [0.05, 0.1) is 12.5 Å². The van der Waals surface area contributed by atoms with Gasteiger partial charge in [-0.1, -0.05) is 22.4 Å². The van der Waals surface area contributed by atoms with Gasteiger partial charge in [-0.2, -0.15) is 0 Å². The fourth-order valence-corrected chi connectivity index (χ4v) is 3.65. The monoisotopic (exact) mass is 369 g/mol. The molecule has 1 aromatic carbocycles. The van der Waals surface area contributed by atoms with Crippen LogP contribution in [-0.4, -0.2) is 49.3 Å². The number of aliphatic carboxylic acids is 1. The molecule has 1 aliphatic heterocycles. The van der Waals surface area contributed by atoms with Crippen LogP contribution < -0.4 is 9.47 Å². The van der Waals surface area contributed by atoms with Crippen molar-refractivity contribution in [1.82, 2.24) is 4.90 Å². The quantitative estimate of drug-likeness (QED) is 0.864. The Kier molecular flexibility index (Phi) is 4.07. The number of methoxy groups -OCH3 is 1. The second-order valence-electron chi connectivity index (χ2n) is 6.19. The van der Waals surface area contributed by atoms with Gasteiger partial charge in [-0.15, -0.1) is 0 Å². The van der Waals surface area contributed by atoms with Gasteiger partial charge in [-0.3, -0.25) is 9.69 Å². The van der Waals surface area contributed by atoms with E-state index in [4.69, 9.17) is 9.47 Å². The van der Waals surface area contributed by atoms with Crippen molar-refractivity contribution >= 4 is 21.9 Å².